The molecule has 2 rings (SSSR count). The number of nitrogens with one attached hydrogen (secondary N) is 1. The Labute approximate surface area is 159 Å². The molecular formula is C20H35NO4Si. The van der Waals surface area contributed by atoms with E-state index in [1.807, 2.05) is 6.92 Å². The lowest BCUT2D eigenvalue weighted by molar-refractivity contribution is -0.154. The van der Waals surface area contributed by atoms with E-state index in [-0.39, 0.29) is 23.0 Å². The number of ether oxygens (including phenoxy) is 1. The van der Waals surface area contributed by atoms with E-state index in [4.69, 9.17) is 9.16 Å². The van der Waals surface area contributed by atoms with Crippen LogP contribution < -0.4 is 5.32 Å². The van der Waals surface area contributed by atoms with Gasteiger partial charge in [0, 0.05) is 6.08 Å². The van der Waals surface area contributed by atoms with Gasteiger partial charge in [-0.25, -0.2) is 4.79 Å². The number of carbonyl (C=O) groups excluding carboxylic acids is 2. The van der Waals surface area contributed by atoms with E-state index in [1.165, 1.54) is 19.6 Å². The molecule has 0 radical (unpaired) electrons. The van der Waals surface area contributed by atoms with Gasteiger partial charge in [0.25, 0.3) is 0 Å². The Bertz CT molecular complexity index is 587. The van der Waals surface area contributed by atoms with Crippen molar-refractivity contribution >= 4 is 20.2 Å². The molecule has 2 atom stereocenters. The summed E-state index contributed by atoms with van der Waals surface area (Å²) < 4.78 is 12.0. The van der Waals surface area contributed by atoms with Crippen molar-refractivity contribution in [3.63, 3.8) is 0 Å². The van der Waals surface area contributed by atoms with Crippen LogP contribution in [0.5, 0.6) is 0 Å². The molecule has 1 aliphatic carbocycles. The molecule has 0 saturated heterocycles. The summed E-state index contributed by atoms with van der Waals surface area (Å²) >= 11 is 0. The second-order valence-corrected chi connectivity index (χ2v) is 14.1. The first kappa shape index (κ1) is 21.2. The largest absolute Gasteiger partial charge is 0.467 e. The minimum absolute atomic E-state index is 0.0114. The van der Waals surface area contributed by atoms with Crippen molar-refractivity contribution in [2.75, 3.05) is 7.11 Å². The lowest BCUT2D eigenvalue weighted by atomic mass is 9.74. The van der Waals surface area contributed by atoms with Crippen LogP contribution >= 0.6 is 0 Å². The van der Waals surface area contributed by atoms with Crippen LogP contribution in [0.25, 0.3) is 0 Å². The first-order valence-electron chi connectivity index (χ1n) is 9.73. The Morgan fingerprint density at radius 1 is 1.27 bits per heavy atom. The highest BCUT2D eigenvalue weighted by Gasteiger charge is 2.57. The van der Waals surface area contributed by atoms with E-state index in [1.54, 1.807) is 0 Å². The molecule has 1 fully saturated rings. The fourth-order valence-corrected chi connectivity index (χ4v) is 5.25. The summed E-state index contributed by atoms with van der Waals surface area (Å²) in [5, 5.41) is 2.94. The lowest BCUT2D eigenvalue weighted by Gasteiger charge is -2.48. The third-order valence-electron chi connectivity index (χ3n) is 6.53. The first-order chi connectivity index (χ1) is 12.0. The summed E-state index contributed by atoms with van der Waals surface area (Å²) in [4.78, 5) is 25.2. The van der Waals surface area contributed by atoms with Gasteiger partial charge < -0.3 is 14.5 Å². The molecule has 0 bridgehead atoms. The minimum Gasteiger partial charge on any atom is -0.467 e. The van der Waals surface area contributed by atoms with Crippen molar-refractivity contribution in [3.05, 3.63) is 11.6 Å². The van der Waals surface area contributed by atoms with Crippen LogP contribution in [0, 0.1) is 5.92 Å². The van der Waals surface area contributed by atoms with Crippen molar-refractivity contribution in [3.8, 4) is 0 Å². The Hall–Kier alpha value is -1.14. The molecule has 6 heteroatoms. The minimum atomic E-state index is -2.16. The molecule has 0 aromatic carbocycles. The molecule has 2 aliphatic rings. The second-order valence-electron chi connectivity index (χ2n) is 9.31. The normalized spacial score (nSPS) is 26.3. The average Bonchev–Trinajstić information content (AvgIpc) is 2.86. The summed E-state index contributed by atoms with van der Waals surface area (Å²) in [6.45, 7) is 12.8. The van der Waals surface area contributed by atoms with Crippen LogP contribution in [0.15, 0.2) is 11.6 Å². The van der Waals surface area contributed by atoms with Crippen LogP contribution in [0.4, 0.5) is 0 Å². The summed E-state index contributed by atoms with van der Waals surface area (Å²) in [5.74, 6) is -0.433. The Morgan fingerprint density at radius 2 is 1.85 bits per heavy atom. The van der Waals surface area contributed by atoms with E-state index >= 15 is 0 Å². The van der Waals surface area contributed by atoms with Crippen molar-refractivity contribution in [2.45, 2.75) is 89.6 Å². The van der Waals surface area contributed by atoms with Gasteiger partial charge in [-0.3, -0.25) is 4.79 Å². The van der Waals surface area contributed by atoms with E-state index < -0.39 is 19.8 Å². The SMILES string of the molecule is COC(=O)[C@]1([C@@H](O[Si](C)(C)C(C)(C)C)C2CCCCC2)NC(=O)C=C1C. The molecule has 1 amide bonds. The highest BCUT2D eigenvalue weighted by atomic mass is 28.4. The number of hydrogen-bond donors (Lipinski definition) is 1. The quantitative estimate of drug-likeness (QED) is 0.578. The van der Waals surface area contributed by atoms with Gasteiger partial charge in [-0.2, -0.15) is 0 Å². The fraction of sp³-hybridized carbons (Fsp3) is 0.800. The highest BCUT2D eigenvalue weighted by molar-refractivity contribution is 6.74. The molecule has 26 heavy (non-hydrogen) atoms. The summed E-state index contributed by atoms with van der Waals surface area (Å²) in [7, 11) is -0.782. The van der Waals surface area contributed by atoms with E-state index in [9.17, 15) is 9.59 Å². The van der Waals surface area contributed by atoms with Crippen LogP contribution in [-0.2, 0) is 18.8 Å². The number of rotatable bonds is 5. The molecule has 148 valence electrons. The number of carbonyl (C=O) groups is 2. The molecule has 1 heterocycles. The Kier molecular flexibility index (Phi) is 6.08. The smallest absolute Gasteiger partial charge is 0.338 e. The van der Waals surface area contributed by atoms with E-state index in [0.29, 0.717) is 5.57 Å². The molecular weight excluding hydrogens is 346 g/mol. The van der Waals surface area contributed by atoms with Gasteiger partial charge in [-0.15, -0.1) is 0 Å². The van der Waals surface area contributed by atoms with Crippen LogP contribution in [0.1, 0.15) is 59.8 Å². The summed E-state index contributed by atoms with van der Waals surface area (Å²) in [6, 6.07) is 0. The van der Waals surface area contributed by atoms with Gasteiger partial charge in [0.2, 0.25) is 5.91 Å². The number of methoxy groups -OCH3 is 1. The maximum Gasteiger partial charge on any atom is 0.338 e. The molecule has 0 unspecified atom stereocenters. The molecule has 0 aromatic rings. The van der Waals surface area contributed by atoms with Gasteiger partial charge in [0.05, 0.1) is 13.2 Å². The number of esters is 1. The van der Waals surface area contributed by atoms with Crippen LogP contribution in [0.2, 0.25) is 18.1 Å². The lowest BCUT2D eigenvalue weighted by Crippen LogP contribution is -2.65. The fourth-order valence-electron chi connectivity index (χ4n) is 3.89. The first-order valence-corrected chi connectivity index (χ1v) is 12.6. The zero-order valence-electron chi connectivity index (χ0n) is 17.4. The van der Waals surface area contributed by atoms with E-state index in [0.717, 1.165) is 25.7 Å². The standard InChI is InChI=1S/C20H35NO4Si/c1-14-13-16(22)21-20(14,18(23)24-5)17(15-11-9-8-10-12-15)25-26(6,7)19(2,3)4/h13,15,17H,8-12H2,1-7H3,(H,21,22)/t17-,20-/m0/s1. The van der Waals surface area contributed by atoms with Crippen molar-refractivity contribution in [1.29, 1.82) is 0 Å². The Balaban J connectivity index is 2.52. The van der Waals surface area contributed by atoms with Crippen molar-refractivity contribution < 1.29 is 18.8 Å². The number of hydrogen-bond acceptors (Lipinski definition) is 4. The zero-order chi connectivity index (χ0) is 19.8. The average molecular weight is 382 g/mol. The maximum absolute atomic E-state index is 13.0. The molecule has 1 N–H and O–H groups in total. The zero-order valence-corrected chi connectivity index (χ0v) is 18.4. The molecule has 1 aliphatic heterocycles. The maximum atomic E-state index is 13.0. The van der Waals surface area contributed by atoms with Gasteiger partial charge in [0.1, 0.15) is 0 Å². The van der Waals surface area contributed by atoms with Gasteiger partial charge in [-0.1, -0.05) is 40.0 Å². The van der Waals surface area contributed by atoms with Crippen molar-refractivity contribution in [1.82, 2.24) is 5.32 Å². The van der Waals surface area contributed by atoms with Gasteiger partial charge >= 0.3 is 5.97 Å². The molecule has 0 spiro atoms. The van der Waals surface area contributed by atoms with Crippen LogP contribution in [0.3, 0.4) is 0 Å². The monoisotopic (exact) mass is 381 g/mol. The molecule has 0 aromatic heterocycles. The second kappa shape index (κ2) is 7.47. The van der Waals surface area contributed by atoms with Gasteiger partial charge in [0.15, 0.2) is 13.9 Å². The van der Waals surface area contributed by atoms with Gasteiger partial charge in [-0.05, 0) is 49.4 Å². The highest BCUT2D eigenvalue weighted by Crippen LogP contribution is 2.44. The summed E-state index contributed by atoms with van der Waals surface area (Å²) in [6.07, 6.45) is 6.64. The Morgan fingerprint density at radius 3 is 2.27 bits per heavy atom. The van der Waals surface area contributed by atoms with Crippen LogP contribution in [-0.4, -0.2) is 38.9 Å². The number of amides is 1. The predicted octanol–water partition coefficient (Wildman–Crippen LogP) is 3.95. The van der Waals surface area contributed by atoms with E-state index in [2.05, 4.69) is 39.2 Å². The predicted molar refractivity (Wildman–Crippen MR) is 105 cm³/mol. The topological polar surface area (TPSA) is 64.6 Å². The van der Waals surface area contributed by atoms with Crippen molar-refractivity contribution in [2.24, 2.45) is 5.92 Å². The molecule has 5 nitrogen and oxygen atoms in total. The summed E-state index contributed by atoms with van der Waals surface area (Å²) in [5.41, 5.74) is -0.507. The third kappa shape index (κ3) is 3.76. The molecule has 1 saturated carbocycles. The third-order valence-corrected chi connectivity index (χ3v) is 11.0.